The lowest BCUT2D eigenvalue weighted by atomic mass is 9.80. The zero-order valence-electron chi connectivity index (χ0n) is 9.17. The summed E-state index contributed by atoms with van der Waals surface area (Å²) >= 11 is 0. The molecule has 0 aliphatic rings. The molecule has 0 amide bonds. The van der Waals surface area contributed by atoms with Crippen LogP contribution in [0.4, 0.5) is 0 Å². The molecule has 0 unspecified atom stereocenters. The molecule has 0 radical (unpaired) electrons. The Hall–Kier alpha value is -1.29. The molecule has 0 aliphatic heterocycles. The van der Waals surface area contributed by atoms with E-state index in [0.717, 1.165) is 6.42 Å². The second-order valence-electron chi connectivity index (χ2n) is 4.41. The van der Waals surface area contributed by atoms with Gasteiger partial charge in [-0.15, -0.1) is 0 Å². The average Bonchev–Trinajstić information content (AvgIpc) is 2.16. The van der Waals surface area contributed by atoms with E-state index >= 15 is 0 Å². The third-order valence-electron chi connectivity index (χ3n) is 2.69. The van der Waals surface area contributed by atoms with Crippen LogP contribution in [0.15, 0.2) is 24.3 Å². The Kier molecular flexibility index (Phi) is 3.30. The van der Waals surface area contributed by atoms with Gasteiger partial charge in [-0.25, -0.2) is 0 Å². The molecule has 0 saturated heterocycles. The smallest absolute Gasteiger partial charge is 0.0622 e. The van der Waals surface area contributed by atoms with Crippen molar-refractivity contribution < 1.29 is 0 Å². The highest BCUT2D eigenvalue weighted by atomic mass is 14.3. The van der Waals surface area contributed by atoms with E-state index in [0.29, 0.717) is 6.42 Å². The number of nitrogens with zero attached hydrogens (tertiary/aromatic N) is 1. The summed E-state index contributed by atoms with van der Waals surface area (Å²) in [7, 11) is 0. The van der Waals surface area contributed by atoms with Gasteiger partial charge in [0.2, 0.25) is 0 Å². The van der Waals surface area contributed by atoms with Gasteiger partial charge in [-0.3, -0.25) is 0 Å². The number of aryl methyl sites for hydroxylation is 1. The monoisotopic (exact) mass is 187 g/mol. The topological polar surface area (TPSA) is 23.8 Å². The molecule has 1 aromatic carbocycles. The van der Waals surface area contributed by atoms with Crippen LogP contribution in [0, 0.1) is 18.3 Å². The van der Waals surface area contributed by atoms with Gasteiger partial charge in [0.25, 0.3) is 0 Å². The van der Waals surface area contributed by atoms with E-state index in [-0.39, 0.29) is 5.41 Å². The first-order chi connectivity index (χ1) is 6.56. The van der Waals surface area contributed by atoms with E-state index in [2.05, 4.69) is 51.1 Å². The summed E-state index contributed by atoms with van der Waals surface area (Å²) in [4.78, 5) is 0. The molecule has 0 N–H and O–H groups in total. The lowest BCUT2D eigenvalue weighted by Crippen LogP contribution is -2.16. The maximum absolute atomic E-state index is 8.57. The lowest BCUT2D eigenvalue weighted by molar-refractivity contribution is 0.487. The molecule has 0 aromatic heterocycles. The van der Waals surface area contributed by atoms with E-state index in [1.54, 1.807) is 0 Å². The van der Waals surface area contributed by atoms with E-state index < -0.39 is 0 Å². The molecule has 0 saturated carbocycles. The minimum absolute atomic E-state index is 0.115. The predicted octanol–water partition coefficient (Wildman–Crippen LogP) is 3.58. The Morgan fingerprint density at radius 3 is 2.29 bits per heavy atom. The average molecular weight is 187 g/mol. The van der Waals surface area contributed by atoms with Crippen molar-refractivity contribution in [2.24, 2.45) is 0 Å². The van der Waals surface area contributed by atoms with Crippen molar-refractivity contribution in [1.29, 1.82) is 5.26 Å². The van der Waals surface area contributed by atoms with E-state index in [9.17, 15) is 0 Å². The first kappa shape index (κ1) is 10.8. The first-order valence-corrected chi connectivity index (χ1v) is 5.00. The van der Waals surface area contributed by atoms with Gasteiger partial charge < -0.3 is 0 Å². The predicted molar refractivity (Wildman–Crippen MR) is 59.1 cm³/mol. The summed E-state index contributed by atoms with van der Waals surface area (Å²) in [6.07, 6.45) is 1.55. The molecule has 0 fully saturated rings. The number of rotatable bonds is 3. The molecule has 1 aromatic rings. The van der Waals surface area contributed by atoms with Crippen molar-refractivity contribution in [2.45, 2.75) is 39.0 Å². The van der Waals surface area contributed by atoms with Crippen molar-refractivity contribution in [1.82, 2.24) is 0 Å². The van der Waals surface area contributed by atoms with Crippen molar-refractivity contribution in [3.63, 3.8) is 0 Å². The fraction of sp³-hybridized carbons (Fsp3) is 0.462. The third kappa shape index (κ3) is 2.60. The standard InChI is InChI=1S/C13H17N/c1-11-5-7-12(8-6-11)13(2,3)9-4-10-14/h5-8H,4,9H2,1-3H3. The van der Waals surface area contributed by atoms with Crippen LogP contribution in [-0.4, -0.2) is 0 Å². The van der Waals surface area contributed by atoms with Crippen molar-refractivity contribution >= 4 is 0 Å². The number of hydrogen-bond acceptors (Lipinski definition) is 1. The number of nitriles is 1. The van der Waals surface area contributed by atoms with Gasteiger partial charge in [0.1, 0.15) is 0 Å². The van der Waals surface area contributed by atoms with E-state index in [4.69, 9.17) is 5.26 Å². The van der Waals surface area contributed by atoms with Gasteiger partial charge in [0.05, 0.1) is 6.07 Å². The van der Waals surface area contributed by atoms with E-state index in [1.807, 2.05) is 0 Å². The summed E-state index contributed by atoms with van der Waals surface area (Å²) in [5.41, 5.74) is 2.71. The first-order valence-electron chi connectivity index (χ1n) is 5.00. The van der Waals surface area contributed by atoms with Gasteiger partial charge in [0, 0.05) is 6.42 Å². The summed E-state index contributed by atoms with van der Waals surface area (Å²) in [5.74, 6) is 0. The Morgan fingerprint density at radius 2 is 1.79 bits per heavy atom. The fourth-order valence-electron chi connectivity index (χ4n) is 1.52. The van der Waals surface area contributed by atoms with Gasteiger partial charge in [-0.1, -0.05) is 43.7 Å². The van der Waals surface area contributed by atoms with Crippen LogP contribution in [0.3, 0.4) is 0 Å². The summed E-state index contributed by atoms with van der Waals surface area (Å²) in [6.45, 7) is 6.47. The number of hydrogen-bond donors (Lipinski definition) is 0. The van der Waals surface area contributed by atoms with Crippen LogP contribution in [-0.2, 0) is 5.41 Å². The molecule has 0 aliphatic carbocycles. The molecule has 74 valence electrons. The van der Waals surface area contributed by atoms with Crippen LogP contribution in [0.1, 0.15) is 37.8 Å². The molecule has 0 bridgehead atoms. The molecular formula is C13H17N. The summed E-state index contributed by atoms with van der Waals surface area (Å²) < 4.78 is 0. The normalized spacial score (nSPS) is 11.0. The van der Waals surface area contributed by atoms with Crippen molar-refractivity contribution in [2.75, 3.05) is 0 Å². The molecule has 1 nitrogen and oxygen atoms in total. The van der Waals surface area contributed by atoms with Crippen molar-refractivity contribution in [3.05, 3.63) is 35.4 Å². The van der Waals surface area contributed by atoms with Crippen LogP contribution in [0.25, 0.3) is 0 Å². The minimum Gasteiger partial charge on any atom is -0.198 e. The van der Waals surface area contributed by atoms with Crippen LogP contribution < -0.4 is 0 Å². The molecule has 1 rings (SSSR count). The summed E-state index contributed by atoms with van der Waals surface area (Å²) in [5, 5.41) is 8.57. The Labute approximate surface area is 86.4 Å². The highest BCUT2D eigenvalue weighted by molar-refractivity contribution is 5.27. The highest BCUT2D eigenvalue weighted by Crippen LogP contribution is 2.28. The molecular weight excluding hydrogens is 170 g/mol. The Morgan fingerprint density at radius 1 is 1.21 bits per heavy atom. The summed E-state index contributed by atoms with van der Waals surface area (Å²) in [6, 6.07) is 10.8. The molecule has 0 spiro atoms. The van der Waals surface area contributed by atoms with Gasteiger partial charge in [-0.05, 0) is 24.3 Å². The van der Waals surface area contributed by atoms with Crippen molar-refractivity contribution in [3.8, 4) is 6.07 Å². The van der Waals surface area contributed by atoms with Crippen LogP contribution in [0.5, 0.6) is 0 Å². The molecule has 1 heteroatoms. The van der Waals surface area contributed by atoms with E-state index in [1.165, 1.54) is 11.1 Å². The zero-order valence-corrected chi connectivity index (χ0v) is 9.17. The van der Waals surface area contributed by atoms with Gasteiger partial charge in [-0.2, -0.15) is 5.26 Å². The number of benzene rings is 1. The van der Waals surface area contributed by atoms with Gasteiger partial charge >= 0.3 is 0 Å². The fourth-order valence-corrected chi connectivity index (χ4v) is 1.52. The SMILES string of the molecule is Cc1ccc(C(C)(C)CCC#N)cc1. The lowest BCUT2D eigenvalue weighted by Gasteiger charge is -2.24. The largest absolute Gasteiger partial charge is 0.198 e. The minimum atomic E-state index is 0.115. The zero-order chi connectivity index (χ0) is 10.6. The highest BCUT2D eigenvalue weighted by Gasteiger charge is 2.19. The Bertz CT molecular complexity index is 327. The second kappa shape index (κ2) is 4.28. The molecule has 14 heavy (non-hydrogen) atoms. The van der Waals surface area contributed by atoms with Crippen LogP contribution >= 0.6 is 0 Å². The third-order valence-corrected chi connectivity index (χ3v) is 2.69. The quantitative estimate of drug-likeness (QED) is 0.709. The molecule has 0 heterocycles. The maximum Gasteiger partial charge on any atom is 0.0622 e. The Balaban J connectivity index is 2.82. The molecule has 0 atom stereocenters. The second-order valence-corrected chi connectivity index (χ2v) is 4.41. The van der Waals surface area contributed by atoms with Crippen LogP contribution in [0.2, 0.25) is 0 Å². The maximum atomic E-state index is 8.57. The van der Waals surface area contributed by atoms with Gasteiger partial charge in [0.15, 0.2) is 0 Å².